The number of piperazine rings is 1. The summed E-state index contributed by atoms with van der Waals surface area (Å²) in [4.78, 5) is 25.3. The van der Waals surface area contributed by atoms with Crippen molar-refractivity contribution in [3.05, 3.63) is 12.3 Å². The molecule has 1 fully saturated rings. The highest BCUT2D eigenvalue weighted by Crippen LogP contribution is 1.99. The van der Waals surface area contributed by atoms with Crippen LogP contribution in [0.4, 0.5) is 4.79 Å². The molecule has 5 nitrogen and oxygen atoms in total. The lowest BCUT2D eigenvalue weighted by molar-refractivity contribution is -0.119. The standard InChI is InChI=1S/C10H17N3O2/c1-2-3-4-11-10(15)13-7-5-12(9-14)6-8-13/h3-4,9H,2,5-8H2,1H3,(H,11,15)/b4-3+. The van der Waals surface area contributed by atoms with Crippen molar-refractivity contribution in [3.8, 4) is 0 Å². The lowest BCUT2D eigenvalue weighted by atomic mass is 10.3. The van der Waals surface area contributed by atoms with Gasteiger partial charge in [0, 0.05) is 32.4 Å². The number of urea groups is 1. The Kier molecular flexibility index (Phi) is 4.66. The maximum Gasteiger partial charge on any atom is 0.321 e. The molecule has 0 aromatic carbocycles. The van der Waals surface area contributed by atoms with E-state index in [1.165, 1.54) is 0 Å². The van der Waals surface area contributed by atoms with Crippen molar-refractivity contribution in [3.63, 3.8) is 0 Å². The number of hydrogen-bond acceptors (Lipinski definition) is 2. The molecule has 1 heterocycles. The summed E-state index contributed by atoms with van der Waals surface area (Å²) in [5.41, 5.74) is 0. The Labute approximate surface area is 89.7 Å². The van der Waals surface area contributed by atoms with Crippen LogP contribution in [0.2, 0.25) is 0 Å². The highest BCUT2D eigenvalue weighted by atomic mass is 16.2. The van der Waals surface area contributed by atoms with Crippen molar-refractivity contribution in [1.82, 2.24) is 15.1 Å². The van der Waals surface area contributed by atoms with Crippen molar-refractivity contribution in [2.75, 3.05) is 26.2 Å². The normalized spacial score (nSPS) is 16.9. The average molecular weight is 211 g/mol. The SMILES string of the molecule is CC/C=C/NC(=O)N1CCN(C=O)CC1. The molecule has 0 unspecified atom stereocenters. The van der Waals surface area contributed by atoms with Gasteiger partial charge < -0.3 is 15.1 Å². The summed E-state index contributed by atoms with van der Waals surface area (Å²) in [6.07, 6.45) is 5.28. The zero-order valence-corrected chi connectivity index (χ0v) is 8.98. The van der Waals surface area contributed by atoms with Gasteiger partial charge in [-0.1, -0.05) is 13.0 Å². The van der Waals surface area contributed by atoms with Crippen LogP contribution in [0.15, 0.2) is 12.3 Å². The van der Waals surface area contributed by atoms with Crippen molar-refractivity contribution in [2.24, 2.45) is 0 Å². The van der Waals surface area contributed by atoms with Gasteiger partial charge in [-0.3, -0.25) is 4.79 Å². The Morgan fingerprint density at radius 3 is 2.53 bits per heavy atom. The molecule has 0 radical (unpaired) electrons. The molecular weight excluding hydrogens is 194 g/mol. The molecule has 1 aliphatic rings. The summed E-state index contributed by atoms with van der Waals surface area (Å²) >= 11 is 0. The van der Waals surface area contributed by atoms with Crippen LogP contribution < -0.4 is 5.32 Å². The fraction of sp³-hybridized carbons (Fsp3) is 0.600. The van der Waals surface area contributed by atoms with E-state index in [2.05, 4.69) is 5.32 Å². The highest BCUT2D eigenvalue weighted by Gasteiger charge is 2.18. The van der Waals surface area contributed by atoms with Crippen LogP contribution in [0.25, 0.3) is 0 Å². The summed E-state index contributed by atoms with van der Waals surface area (Å²) in [6, 6.07) is -0.0924. The van der Waals surface area contributed by atoms with E-state index in [1.807, 2.05) is 13.0 Å². The molecule has 1 saturated heterocycles. The van der Waals surface area contributed by atoms with Gasteiger partial charge in [0.05, 0.1) is 0 Å². The lowest BCUT2D eigenvalue weighted by Gasteiger charge is -2.32. The molecule has 1 rings (SSSR count). The fourth-order valence-corrected chi connectivity index (χ4v) is 1.37. The van der Waals surface area contributed by atoms with Gasteiger partial charge in [0.15, 0.2) is 0 Å². The minimum absolute atomic E-state index is 0.0924. The van der Waals surface area contributed by atoms with E-state index >= 15 is 0 Å². The first-order chi connectivity index (χ1) is 7.27. The van der Waals surface area contributed by atoms with E-state index < -0.39 is 0 Å². The topological polar surface area (TPSA) is 52.7 Å². The first-order valence-electron chi connectivity index (χ1n) is 5.17. The minimum Gasteiger partial charge on any atom is -0.342 e. The Morgan fingerprint density at radius 1 is 1.33 bits per heavy atom. The van der Waals surface area contributed by atoms with Crippen molar-refractivity contribution in [1.29, 1.82) is 0 Å². The summed E-state index contributed by atoms with van der Waals surface area (Å²) in [7, 11) is 0. The van der Waals surface area contributed by atoms with Crippen LogP contribution >= 0.6 is 0 Å². The molecule has 3 amide bonds. The van der Waals surface area contributed by atoms with E-state index in [4.69, 9.17) is 0 Å². The number of hydrogen-bond donors (Lipinski definition) is 1. The first kappa shape index (κ1) is 11.6. The Hall–Kier alpha value is -1.52. The van der Waals surface area contributed by atoms with E-state index in [-0.39, 0.29) is 6.03 Å². The van der Waals surface area contributed by atoms with Crippen molar-refractivity contribution in [2.45, 2.75) is 13.3 Å². The minimum atomic E-state index is -0.0924. The molecule has 0 saturated carbocycles. The monoisotopic (exact) mass is 211 g/mol. The summed E-state index contributed by atoms with van der Waals surface area (Å²) < 4.78 is 0. The first-order valence-corrected chi connectivity index (χ1v) is 5.17. The van der Waals surface area contributed by atoms with Crippen LogP contribution in [0.1, 0.15) is 13.3 Å². The smallest absolute Gasteiger partial charge is 0.321 e. The van der Waals surface area contributed by atoms with E-state index in [1.54, 1.807) is 16.0 Å². The number of nitrogens with one attached hydrogen (secondary N) is 1. The van der Waals surface area contributed by atoms with Crippen molar-refractivity contribution < 1.29 is 9.59 Å². The molecule has 0 bridgehead atoms. The summed E-state index contributed by atoms with van der Waals surface area (Å²) in [5, 5.41) is 2.69. The molecule has 15 heavy (non-hydrogen) atoms. The molecule has 1 aliphatic heterocycles. The number of rotatable bonds is 3. The van der Waals surface area contributed by atoms with Gasteiger partial charge in [-0.05, 0) is 6.42 Å². The van der Waals surface area contributed by atoms with Crippen LogP contribution in [0.3, 0.4) is 0 Å². The second-order valence-corrected chi connectivity index (χ2v) is 3.39. The zero-order valence-electron chi connectivity index (χ0n) is 8.98. The average Bonchev–Trinajstić information content (AvgIpc) is 2.29. The second-order valence-electron chi connectivity index (χ2n) is 3.39. The number of carbonyl (C=O) groups excluding carboxylic acids is 2. The zero-order chi connectivity index (χ0) is 11.1. The third-order valence-electron chi connectivity index (χ3n) is 2.31. The van der Waals surface area contributed by atoms with Gasteiger partial charge in [0.1, 0.15) is 0 Å². The van der Waals surface area contributed by atoms with Crippen molar-refractivity contribution >= 4 is 12.4 Å². The molecule has 0 aromatic rings. The summed E-state index contributed by atoms with van der Waals surface area (Å²) in [6.45, 7) is 4.45. The third kappa shape index (κ3) is 3.61. The van der Waals surface area contributed by atoms with E-state index in [0.29, 0.717) is 26.2 Å². The third-order valence-corrected chi connectivity index (χ3v) is 2.31. The lowest BCUT2D eigenvalue weighted by Crippen LogP contribution is -2.50. The number of carbonyl (C=O) groups is 2. The summed E-state index contributed by atoms with van der Waals surface area (Å²) in [5.74, 6) is 0. The quantitative estimate of drug-likeness (QED) is 0.687. The highest BCUT2D eigenvalue weighted by molar-refractivity contribution is 5.75. The maximum absolute atomic E-state index is 11.5. The van der Waals surface area contributed by atoms with Crippen LogP contribution in [-0.4, -0.2) is 48.4 Å². The number of allylic oxidation sites excluding steroid dienone is 1. The second kappa shape index (κ2) is 6.06. The van der Waals surface area contributed by atoms with E-state index in [0.717, 1.165) is 12.8 Å². The van der Waals surface area contributed by atoms with Gasteiger partial charge in [-0.2, -0.15) is 0 Å². The Balaban J connectivity index is 2.29. The van der Waals surface area contributed by atoms with Gasteiger partial charge in [-0.25, -0.2) is 4.79 Å². The Morgan fingerprint density at radius 2 is 2.00 bits per heavy atom. The van der Waals surface area contributed by atoms with Crippen LogP contribution in [-0.2, 0) is 4.79 Å². The predicted molar refractivity (Wildman–Crippen MR) is 57.2 cm³/mol. The maximum atomic E-state index is 11.5. The molecule has 5 heteroatoms. The molecule has 1 N–H and O–H groups in total. The fourth-order valence-electron chi connectivity index (χ4n) is 1.37. The largest absolute Gasteiger partial charge is 0.342 e. The van der Waals surface area contributed by atoms with Crippen LogP contribution in [0.5, 0.6) is 0 Å². The van der Waals surface area contributed by atoms with Gasteiger partial charge in [-0.15, -0.1) is 0 Å². The number of nitrogens with zero attached hydrogens (tertiary/aromatic N) is 2. The van der Waals surface area contributed by atoms with Gasteiger partial charge in [0.25, 0.3) is 0 Å². The van der Waals surface area contributed by atoms with Gasteiger partial charge in [0.2, 0.25) is 6.41 Å². The molecule has 84 valence electrons. The molecular formula is C10H17N3O2. The number of amides is 3. The van der Waals surface area contributed by atoms with Gasteiger partial charge >= 0.3 is 6.03 Å². The molecule has 0 spiro atoms. The molecule has 0 aliphatic carbocycles. The predicted octanol–water partition coefficient (Wildman–Crippen LogP) is 0.394. The van der Waals surface area contributed by atoms with Crippen LogP contribution in [0, 0.1) is 0 Å². The Bertz CT molecular complexity index is 245. The van der Waals surface area contributed by atoms with E-state index in [9.17, 15) is 9.59 Å². The molecule has 0 atom stereocenters. The molecule has 0 aromatic heterocycles.